The second kappa shape index (κ2) is 3.63. The van der Waals surface area contributed by atoms with Crippen LogP contribution in [0.25, 0.3) is 0 Å². The van der Waals surface area contributed by atoms with Crippen LogP contribution in [-0.4, -0.2) is 13.2 Å². The first-order chi connectivity index (χ1) is 7.03. The van der Waals surface area contributed by atoms with E-state index in [1.165, 1.54) is 0 Å². The summed E-state index contributed by atoms with van der Waals surface area (Å²) < 4.78 is 60.0. The van der Waals surface area contributed by atoms with Crippen molar-refractivity contribution >= 4 is 12.9 Å². The Morgan fingerprint density at radius 1 is 1.07 bits per heavy atom. The Balaban J connectivity index is 2.57. The summed E-state index contributed by atoms with van der Waals surface area (Å²) in [6.45, 7) is -0.0128. The molecule has 82 valence electrons. The lowest BCUT2D eigenvalue weighted by Crippen LogP contribution is -2.15. The van der Waals surface area contributed by atoms with Gasteiger partial charge in [-0.05, 0) is 0 Å². The number of rotatable bonds is 1. The Bertz CT molecular complexity index is 416. The molecule has 1 aliphatic rings. The number of benzene rings is 1. The van der Waals surface area contributed by atoms with Crippen molar-refractivity contribution in [1.29, 1.82) is 0 Å². The van der Waals surface area contributed by atoms with E-state index in [-0.39, 0.29) is 13.2 Å². The molecule has 0 unspecified atom stereocenters. The molecule has 0 bridgehead atoms. The molecule has 1 aromatic carbocycles. The predicted molar refractivity (Wildman–Crippen MR) is 45.5 cm³/mol. The molecule has 0 radical (unpaired) electrons. The number of hydrogen-bond donors (Lipinski definition) is 0. The molecule has 7 heteroatoms. The van der Waals surface area contributed by atoms with E-state index in [2.05, 4.69) is 9.05 Å². The monoisotopic (exact) mass is 238 g/mol. The van der Waals surface area contributed by atoms with Crippen molar-refractivity contribution < 1.29 is 26.8 Å². The van der Waals surface area contributed by atoms with Crippen LogP contribution >= 0.6 is 7.60 Å². The molecule has 0 aromatic heterocycles. The highest BCUT2D eigenvalue weighted by molar-refractivity contribution is 7.62. The first kappa shape index (κ1) is 10.7. The topological polar surface area (TPSA) is 35.5 Å². The van der Waals surface area contributed by atoms with Crippen LogP contribution in [0.3, 0.4) is 0 Å². The van der Waals surface area contributed by atoms with E-state index in [0.717, 1.165) is 0 Å². The van der Waals surface area contributed by atoms with Gasteiger partial charge < -0.3 is 9.05 Å². The number of hydrogen-bond acceptors (Lipinski definition) is 3. The van der Waals surface area contributed by atoms with E-state index in [4.69, 9.17) is 0 Å². The van der Waals surface area contributed by atoms with Crippen LogP contribution in [0.4, 0.5) is 13.2 Å². The lowest BCUT2D eigenvalue weighted by atomic mass is 10.3. The highest BCUT2D eigenvalue weighted by Crippen LogP contribution is 2.51. The van der Waals surface area contributed by atoms with Crippen molar-refractivity contribution in [2.24, 2.45) is 0 Å². The zero-order chi connectivity index (χ0) is 11.1. The molecule has 3 nitrogen and oxygen atoms in total. The van der Waals surface area contributed by atoms with E-state index in [1.54, 1.807) is 0 Å². The molecule has 0 aliphatic carbocycles. The van der Waals surface area contributed by atoms with Crippen molar-refractivity contribution in [2.45, 2.75) is 0 Å². The molecular formula is C8H6F3O3P. The van der Waals surface area contributed by atoms with Crippen LogP contribution in [0.5, 0.6) is 0 Å². The van der Waals surface area contributed by atoms with Gasteiger partial charge in [0, 0.05) is 12.1 Å². The second-order valence-corrected chi connectivity index (χ2v) is 4.84. The predicted octanol–water partition coefficient (Wildman–Crippen LogP) is 1.97. The summed E-state index contributed by atoms with van der Waals surface area (Å²) in [5, 5.41) is -0.832. The summed E-state index contributed by atoms with van der Waals surface area (Å²) in [6.07, 6.45) is 0. The van der Waals surface area contributed by atoms with Gasteiger partial charge in [-0.15, -0.1) is 0 Å². The van der Waals surface area contributed by atoms with Crippen LogP contribution in [-0.2, 0) is 13.6 Å². The van der Waals surface area contributed by atoms with Crippen LogP contribution in [0.2, 0.25) is 0 Å². The highest BCUT2D eigenvalue weighted by Gasteiger charge is 2.38. The molecule has 1 fully saturated rings. The molecule has 1 aliphatic heterocycles. The van der Waals surface area contributed by atoms with Gasteiger partial charge in [0.2, 0.25) is 0 Å². The average Bonchev–Trinajstić information content (AvgIpc) is 2.50. The minimum absolute atomic E-state index is 0.00641. The zero-order valence-electron chi connectivity index (χ0n) is 7.37. The largest absolute Gasteiger partial charge is 0.367 e. The summed E-state index contributed by atoms with van der Waals surface area (Å²) in [4.78, 5) is 0. The van der Waals surface area contributed by atoms with E-state index in [9.17, 15) is 17.7 Å². The summed E-state index contributed by atoms with van der Waals surface area (Å²) >= 11 is 0. The van der Waals surface area contributed by atoms with Gasteiger partial charge in [0.25, 0.3) is 0 Å². The van der Waals surface area contributed by atoms with E-state index in [0.29, 0.717) is 12.1 Å². The van der Waals surface area contributed by atoms with Gasteiger partial charge in [-0.2, -0.15) is 0 Å². The summed E-state index contributed by atoms with van der Waals surface area (Å²) in [7, 11) is -3.93. The molecule has 0 spiro atoms. The Kier molecular flexibility index (Phi) is 2.58. The Morgan fingerprint density at radius 2 is 1.53 bits per heavy atom. The maximum absolute atomic E-state index is 13.2. The molecule has 0 amide bonds. The molecule has 15 heavy (non-hydrogen) atoms. The van der Waals surface area contributed by atoms with Crippen molar-refractivity contribution in [3.8, 4) is 0 Å². The molecule has 1 heterocycles. The molecule has 1 aromatic rings. The minimum atomic E-state index is -3.93. The van der Waals surface area contributed by atoms with Gasteiger partial charge in [0.1, 0.15) is 22.8 Å². The SMILES string of the molecule is O=P1(c2c(F)cc(F)cc2F)OCCO1. The van der Waals surface area contributed by atoms with Crippen LogP contribution in [0, 0.1) is 17.5 Å². The van der Waals surface area contributed by atoms with E-state index in [1.807, 2.05) is 0 Å². The summed E-state index contributed by atoms with van der Waals surface area (Å²) in [5.41, 5.74) is 0. The van der Waals surface area contributed by atoms with Crippen molar-refractivity contribution in [1.82, 2.24) is 0 Å². The van der Waals surface area contributed by atoms with Gasteiger partial charge in [0.05, 0.1) is 13.2 Å². The summed E-state index contributed by atoms with van der Waals surface area (Å²) in [6, 6.07) is 0.867. The van der Waals surface area contributed by atoms with E-state index < -0.39 is 30.4 Å². The second-order valence-electron chi connectivity index (χ2n) is 2.88. The first-order valence-electron chi connectivity index (χ1n) is 4.07. The molecule has 1 saturated heterocycles. The van der Waals surface area contributed by atoms with Crippen molar-refractivity contribution in [2.75, 3.05) is 13.2 Å². The fraction of sp³-hybridized carbons (Fsp3) is 0.250. The molecule has 0 atom stereocenters. The normalized spacial score (nSPS) is 19.4. The molecule has 0 saturated carbocycles. The van der Waals surface area contributed by atoms with Gasteiger partial charge >= 0.3 is 7.60 Å². The van der Waals surface area contributed by atoms with Gasteiger partial charge in [-0.1, -0.05) is 0 Å². The Morgan fingerprint density at radius 3 is 2.00 bits per heavy atom. The fourth-order valence-electron chi connectivity index (χ4n) is 1.28. The van der Waals surface area contributed by atoms with Gasteiger partial charge in [0.15, 0.2) is 0 Å². The van der Waals surface area contributed by atoms with Crippen molar-refractivity contribution in [3.05, 3.63) is 29.6 Å². The zero-order valence-corrected chi connectivity index (χ0v) is 8.27. The number of halogens is 3. The van der Waals surface area contributed by atoms with Crippen LogP contribution in [0.1, 0.15) is 0 Å². The third-order valence-corrected chi connectivity index (χ3v) is 3.88. The maximum Gasteiger partial charge on any atom is 0.367 e. The summed E-state index contributed by atoms with van der Waals surface area (Å²) in [5.74, 6) is -3.62. The van der Waals surface area contributed by atoms with Crippen LogP contribution < -0.4 is 5.30 Å². The van der Waals surface area contributed by atoms with Crippen molar-refractivity contribution in [3.63, 3.8) is 0 Å². The highest BCUT2D eigenvalue weighted by atomic mass is 31.2. The Hall–Kier alpha value is -0.840. The smallest absolute Gasteiger partial charge is 0.303 e. The van der Waals surface area contributed by atoms with Gasteiger partial charge in [-0.25, -0.2) is 13.2 Å². The lowest BCUT2D eigenvalue weighted by molar-refractivity contribution is 0.362. The average molecular weight is 238 g/mol. The Labute approximate surface area is 83.3 Å². The quantitative estimate of drug-likeness (QED) is 0.701. The molecule has 2 rings (SSSR count). The fourth-order valence-corrected chi connectivity index (χ4v) is 2.89. The lowest BCUT2D eigenvalue weighted by Gasteiger charge is -2.11. The standard InChI is InChI=1S/C8H6F3O3P/c9-5-3-6(10)8(7(11)4-5)15(12)13-1-2-14-15/h3-4H,1-2H2. The maximum atomic E-state index is 13.2. The molecule has 0 N–H and O–H groups in total. The van der Waals surface area contributed by atoms with Crippen LogP contribution in [0.15, 0.2) is 12.1 Å². The van der Waals surface area contributed by atoms with E-state index >= 15 is 0 Å². The van der Waals surface area contributed by atoms with Gasteiger partial charge in [-0.3, -0.25) is 4.57 Å². The third-order valence-electron chi connectivity index (χ3n) is 1.86. The first-order valence-corrected chi connectivity index (χ1v) is 5.61. The molecular weight excluding hydrogens is 232 g/mol. The third kappa shape index (κ3) is 1.80. The minimum Gasteiger partial charge on any atom is -0.303 e.